The zero-order chi connectivity index (χ0) is 13.4. The minimum Gasteiger partial charge on any atom is -0.494 e. The van der Waals surface area contributed by atoms with E-state index in [1.807, 2.05) is 43.3 Å². The molecule has 1 aromatic rings. The van der Waals surface area contributed by atoms with Gasteiger partial charge in [0.25, 0.3) is 7.52 Å². The average molecular weight is 269 g/mol. The number of rotatable bonds is 7. The molecule has 0 saturated carbocycles. The molecule has 3 N–H and O–H groups in total. The minimum atomic E-state index is -3.34. The molecule has 0 aromatic heterocycles. The summed E-state index contributed by atoms with van der Waals surface area (Å²) in [4.78, 5) is 8.91. The molecule has 0 spiro atoms. The molecule has 0 heterocycles. The molecule has 5 heteroatoms. The van der Waals surface area contributed by atoms with Gasteiger partial charge in [-0.2, -0.15) is 0 Å². The Bertz CT molecular complexity index is 422. The normalized spacial score (nSPS) is 14.6. The van der Waals surface area contributed by atoms with Gasteiger partial charge in [-0.25, -0.2) is 0 Å². The van der Waals surface area contributed by atoms with Gasteiger partial charge < -0.3 is 9.63 Å². The maximum absolute atomic E-state index is 10.8. The molecule has 0 bridgehead atoms. The van der Waals surface area contributed by atoms with Gasteiger partial charge in [-0.05, 0) is 37.5 Å². The highest BCUT2D eigenvalue weighted by Crippen LogP contribution is 2.30. The third-order valence-electron chi connectivity index (χ3n) is 2.35. The molecule has 0 aliphatic heterocycles. The topological polar surface area (TPSA) is 72.5 Å². The summed E-state index contributed by atoms with van der Waals surface area (Å²) in [5, 5.41) is 0. The Morgan fingerprint density at radius 2 is 2.06 bits per heavy atom. The summed E-state index contributed by atoms with van der Waals surface area (Å²) < 4.78 is 16.2. The van der Waals surface area contributed by atoms with Crippen molar-refractivity contribution in [2.75, 3.05) is 12.8 Å². The summed E-state index contributed by atoms with van der Waals surface area (Å²) in [5.74, 6) is 0.860. The summed E-state index contributed by atoms with van der Waals surface area (Å²) in [7, 11) is -3.34. The van der Waals surface area contributed by atoms with Gasteiger partial charge in [-0.15, -0.1) is 0 Å². The number of unbranched alkanes of at least 4 members (excludes halogenated alkanes) is 1. The third-order valence-corrected chi connectivity index (χ3v) is 3.31. The molecule has 1 atom stereocenters. The van der Waals surface area contributed by atoms with E-state index in [1.54, 1.807) is 0 Å². The van der Waals surface area contributed by atoms with Crippen LogP contribution >= 0.6 is 7.52 Å². The van der Waals surface area contributed by atoms with Gasteiger partial charge in [0.1, 0.15) is 5.75 Å². The summed E-state index contributed by atoms with van der Waals surface area (Å²) in [6, 6.07) is 7.79. The van der Waals surface area contributed by atoms with E-state index in [4.69, 9.17) is 15.1 Å². The molecular formula is C13H20NO3P. The van der Waals surface area contributed by atoms with Crippen molar-refractivity contribution >= 4 is 13.6 Å². The second-order valence-corrected chi connectivity index (χ2v) is 5.98. The fraction of sp³-hybridized carbons (Fsp3) is 0.385. The van der Waals surface area contributed by atoms with Gasteiger partial charge in [-0.3, -0.25) is 10.1 Å². The van der Waals surface area contributed by atoms with Crippen molar-refractivity contribution < 1.29 is 14.2 Å². The summed E-state index contributed by atoms with van der Waals surface area (Å²) in [6.07, 6.45) is 5.49. The lowest BCUT2D eigenvalue weighted by Crippen LogP contribution is -1.97. The first-order chi connectivity index (χ1) is 8.51. The SMILES string of the molecule is CCOc1ccc(C=CCCCP(N)(=O)O)cc1. The maximum Gasteiger partial charge on any atom is 0.264 e. The molecule has 4 nitrogen and oxygen atoms in total. The van der Waals surface area contributed by atoms with Crippen molar-refractivity contribution in [2.24, 2.45) is 5.50 Å². The fourth-order valence-electron chi connectivity index (χ4n) is 1.50. The van der Waals surface area contributed by atoms with Crippen LogP contribution in [0.5, 0.6) is 5.75 Å². The van der Waals surface area contributed by atoms with E-state index < -0.39 is 7.52 Å². The van der Waals surface area contributed by atoms with Crippen molar-refractivity contribution in [1.82, 2.24) is 0 Å². The lowest BCUT2D eigenvalue weighted by Gasteiger charge is -2.03. The molecule has 0 amide bonds. The Labute approximate surface area is 108 Å². The maximum atomic E-state index is 10.8. The lowest BCUT2D eigenvalue weighted by atomic mass is 10.2. The third kappa shape index (κ3) is 6.60. The van der Waals surface area contributed by atoms with E-state index in [-0.39, 0.29) is 6.16 Å². The summed E-state index contributed by atoms with van der Waals surface area (Å²) in [6.45, 7) is 2.61. The minimum absolute atomic E-state index is 0.167. The highest BCUT2D eigenvalue weighted by atomic mass is 31.2. The number of benzene rings is 1. The molecule has 18 heavy (non-hydrogen) atoms. The quantitative estimate of drug-likeness (QED) is 0.589. The zero-order valence-corrected chi connectivity index (χ0v) is 11.5. The van der Waals surface area contributed by atoms with Crippen LogP contribution in [0.4, 0.5) is 0 Å². The average Bonchev–Trinajstić information content (AvgIpc) is 2.30. The number of allylic oxidation sites excluding steroid dienone is 1. The molecule has 1 rings (SSSR count). The molecule has 1 aromatic carbocycles. The van der Waals surface area contributed by atoms with Crippen molar-refractivity contribution in [3.63, 3.8) is 0 Å². The van der Waals surface area contributed by atoms with Gasteiger partial charge >= 0.3 is 0 Å². The number of ether oxygens (including phenoxy) is 1. The molecule has 0 fully saturated rings. The van der Waals surface area contributed by atoms with E-state index in [1.165, 1.54) is 0 Å². The zero-order valence-electron chi connectivity index (χ0n) is 10.6. The molecule has 0 saturated heterocycles. The van der Waals surface area contributed by atoms with E-state index in [0.717, 1.165) is 17.7 Å². The first-order valence-electron chi connectivity index (χ1n) is 6.01. The van der Waals surface area contributed by atoms with E-state index in [2.05, 4.69) is 0 Å². The van der Waals surface area contributed by atoms with Gasteiger partial charge in [0, 0.05) is 6.16 Å². The van der Waals surface area contributed by atoms with Crippen molar-refractivity contribution in [1.29, 1.82) is 0 Å². The Kier molecular flexibility index (Phi) is 6.13. The van der Waals surface area contributed by atoms with Gasteiger partial charge in [0.05, 0.1) is 6.61 Å². The van der Waals surface area contributed by atoms with Gasteiger partial charge in [0.2, 0.25) is 0 Å². The van der Waals surface area contributed by atoms with Crippen molar-refractivity contribution in [2.45, 2.75) is 19.8 Å². The van der Waals surface area contributed by atoms with Gasteiger partial charge in [0.15, 0.2) is 0 Å². The molecule has 0 radical (unpaired) electrons. The van der Waals surface area contributed by atoms with Crippen LogP contribution in [0, 0.1) is 0 Å². The second-order valence-electron chi connectivity index (χ2n) is 4.03. The van der Waals surface area contributed by atoms with Crippen LogP contribution in [0.2, 0.25) is 0 Å². The Hall–Kier alpha value is -1.09. The highest BCUT2D eigenvalue weighted by molar-refractivity contribution is 7.55. The van der Waals surface area contributed by atoms with Crippen LogP contribution in [0.1, 0.15) is 25.3 Å². The number of hydrogen-bond acceptors (Lipinski definition) is 2. The number of hydrogen-bond donors (Lipinski definition) is 2. The van der Waals surface area contributed by atoms with Crippen molar-refractivity contribution in [3.8, 4) is 5.75 Å². The largest absolute Gasteiger partial charge is 0.494 e. The van der Waals surface area contributed by atoms with E-state index >= 15 is 0 Å². The molecule has 1 unspecified atom stereocenters. The highest BCUT2D eigenvalue weighted by Gasteiger charge is 2.07. The van der Waals surface area contributed by atoms with Crippen LogP contribution < -0.4 is 10.2 Å². The van der Waals surface area contributed by atoms with Crippen LogP contribution in [-0.2, 0) is 4.57 Å². The molecule has 100 valence electrons. The standard InChI is InChI=1S/C13H20NO3P/c1-2-17-13-9-7-12(8-10-13)6-4-3-5-11-18(14,15)16/h4,6-10H,2-3,5,11H2,1H3,(H3,14,15,16). The number of nitrogens with two attached hydrogens (primary N) is 1. The summed E-state index contributed by atoms with van der Waals surface area (Å²) in [5.41, 5.74) is 6.13. The van der Waals surface area contributed by atoms with E-state index in [9.17, 15) is 4.57 Å². The van der Waals surface area contributed by atoms with Crippen LogP contribution in [0.25, 0.3) is 6.08 Å². The van der Waals surface area contributed by atoms with Crippen molar-refractivity contribution in [3.05, 3.63) is 35.9 Å². The van der Waals surface area contributed by atoms with E-state index in [0.29, 0.717) is 13.0 Å². The first kappa shape index (κ1) is 15.0. The lowest BCUT2D eigenvalue weighted by molar-refractivity contribution is 0.340. The fourth-order valence-corrected chi connectivity index (χ4v) is 2.13. The first-order valence-corrected chi connectivity index (χ1v) is 7.92. The molecule has 0 aliphatic carbocycles. The predicted molar refractivity (Wildman–Crippen MR) is 74.8 cm³/mol. The summed E-state index contributed by atoms with van der Waals surface area (Å²) >= 11 is 0. The Morgan fingerprint density at radius 3 is 2.61 bits per heavy atom. The monoisotopic (exact) mass is 269 g/mol. The van der Waals surface area contributed by atoms with Crippen LogP contribution in [-0.4, -0.2) is 17.7 Å². The smallest absolute Gasteiger partial charge is 0.264 e. The predicted octanol–water partition coefficient (Wildman–Crippen LogP) is 3.02. The van der Waals surface area contributed by atoms with Crippen LogP contribution in [0.3, 0.4) is 0 Å². The second kappa shape index (κ2) is 7.37. The van der Waals surface area contributed by atoms with Crippen LogP contribution in [0.15, 0.2) is 30.3 Å². The molecule has 0 aliphatic rings. The van der Waals surface area contributed by atoms with Gasteiger partial charge in [-0.1, -0.05) is 24.3 Å². The molecular weight excluding hydrogens is 249 g/mol. The Morgan fingerprint density at radius 1 is 1.39 bits per heavy atom. The Balaban J connectivity index is 2.35.